The molecule has 0 radical (unpaired) electrons. The molecule has 1 aromatic carbocycles. The molecular formula is C10H8ClFO3. The number of aliphatic carboxylic acids is 1. The Labute approximate surface area is 90.5 Å². The summed E-state index contributed by atoms with van der Waals surface area (Å²) in [6.07, 6.45) is -0.428. The van der Waals surface area contributed by atoms with Gasteiger partial charge in [-0.2, -0.15) is 0 Å². The Hall–Kier alpha value is -1.42. The first kappa shape index (κ1) is 11.7. The monoisotopic (exact) mass is 230 g/mol. The highest BCUT2D eigenvalue weighted by Crippen LogP contribution is 2.15. The molecule has 0 spiro atoms. The third-order valence-corrected chi connectivity index (χ3v) is 1.97. The summed E-state index contributed by atoms with van der Waals surface area (Å²) >= 11 is 5.55. The number of carboxylic acids is 1. The molecule has 0 amide bonds. The van der Waals surface area contributed by atoms with Crippen LogP contribution in [0.5, 0.6) is 0 Å². The molecule has 1 aromatic rings. The van der Waals surface area contributed by atoms with Gasteiger partial charge < -0.3 is 5.11 Å². The van der Waals surface area contributed by atoms with E-state index in [2.05, 4.69) is 0 Å². The highest BCUT2D eigenvalue weighted by molar-refractivity contribution is 6.31. The zero-order chi connectivity index (χ0) is 11.4. The molecule has 3 nitrogen and oxygen atoms in total. The van der Waals surface area contributed by atoms with Crippen molar-refractivity contribution < 1.29 is 19.1 Å². The third kappa shape index (κ3) is 3.67. The quantitative estimate of drug-likeness (QED) is 0.809. The number of carboxylic acid groups (broad SMARTS) is 1. The first-order valence-corrected chi connectivity index (χ1v) is 4.58. The van der Waals surface area contributed by atoms with Gasteiger partial charge in [0.1, 0.15) is 5.82 Å². The molecule has 1 N–H and O–H groups in total. The number of halogens is 2. The minimum Gasteiger partial charge on any atom is -0.481 e. The summed E-state index contributed by atoms with van der Waals surface area (Å²) in [5, 5.41) is 8.49. The topological polar surface area (TPSA) is 54.4 Å². The summed E-state index contributed by atoms with van der Waals surface area (Å²) in [4.78, 5) is 21.6. The zero-order valence-corrected chi connectivity index (χ0v) is 8.42. The maximum atomic E-state index is 12.8. The third-order valence-electron chi connectivity index (χ3n) is 1.75. The van der Waals surface area contributed by atoms with Crippen LogP contribution in [0.2, 0.25) is 5.02 Å². The van der Waals surface area contributed by atoms with E-state index in [1.165, 1.54) is 6.07 Å². The Kier molecular flexibility index (Phi) is 3.80. The number of carbonyl (C=O) groups is 2. The number of hydrogen-bond acceptors (Lipinski definition) is 2. The molecule has 0 aromatic heterocycles. The van der Waals surface area contributed by atoms with Crippen molar-refractivity contribution in [3.63, 3.8) is 0 Å². The second-order valence-corrected chi connectivity index (χ2v) is 3.41. The van der Waals surface area contributed by atoms with Gasteiger partial charge >= 0.3 is 5.97 Å². The predicted molar refractivity (Wildman–Crippen MR) is 52.6 cm³/mol. The molecule has 0 aliphatic rings. The summed E-state index contributed by atoms with van der Waals surface area (Å²) < 4.78 is 12.8. The van der Waals surface area contributed by atoms with Crippen molar-refractivity contribution >= 4 is 23.4 Å². The first-order valence-electron chi connectivity index (χ1n) is 4.20. The summed E-state index contributed by atoms with van der Waals surface area (Å²) in [5.41, 5.74) is 0.0984. The summed E-state index contributed by atoms with van der Waals surface area (Å²) in [6.45, 7) is 0. The maximum absolute atomic E-state index is 12.8. The highest BCUT2D eigenvalue weighted by Gasteiger charge is 2.10. The van der Waals surface area contributed by atoms with E-state index in [0.717, 1.165) is 12.1 Å². The van der Waals surface area contributed by atoms with Gasteiger partial charge in [0.15, 0.2) is 5.78 Å². The van der Waals surface area contributed by atoms with Crippen LogP contribution in [0.15, 0.2) is 18.2 Å². The Morgan fingerprint density at radius 1 is 1.27 bits per heavy atom. The van der Waals surface area contributed by atoms with Crippen molar-refractivity contribution in [3.8, 4) is 0 Å². The van der Waals surface area contributed by atoms with E-state index in [0.29, 0.717) is 0 Å². The predicted octanol–water partition coefficient (Wildman–Crippen LogP) is 2.53. The summed E-state index contributed by atoms with van der Waals surface area (Å²) in [6, 6.07) is 3.43. The van der Waals surface area contributed by atoms with Crippen molar-refractivity contribution in [2.75, 3.05) is 0 Å². The minimum atomic E-state index is -1.06. The Morgan fingerprint density at radius 2 is 1.93 bits per heavy atom. The number of hydrogen-bond donors (Lipinski definition) is 1. The number of ketones is 1. The molecule has 0 bridgehead atoms. The van der Waals surface area contributed by atoms with Crippen molar-refractivity contribution in [3.05, 3.63) is 34.6 Å². The van der Waals surface area contributed by atoms with Gasteiger partial charge in [-0.25, -0.2) is 4.39 Å². The minimum absolute atomic E-state index is 0.0984. The van der Waals surface area contributed by atoms with E-state index in [4.69, 9.17) is 16.7 Å². The van der Waals surface area contributed by atoms with Crippen LogP contribution in [0.3, 0.4) is 0 Å². The molecule has 0 fully saturated rings. The lowest BCUT2D eigenvalue weighted by molar-refractivity contribution is -0.136. The van der Waals surface area contributed by atoms with E-state index in [-0.39, 0.29) is 23.4 Å². The number of benzene rings is 1. The van der Waals surface area contributed by atoms with Gasteiger partial charge in [0.05, 0.1) is 6.42 Å². The van der Waals surface area contributed by atoms with Crippen molar-refractivity contribution in [2.24, 2.45) is 0 Å². The molecule has 80 valence electrons. The molecule has 15 heavy (non-hydrogen) atoms. The standard InChI is InChI=1S/C10H8ClFO3/c11-7-3-6(4-8(12)5-7)9(13)1-2-10(14)15/h3-5H,1-2H2,(H,14,15). The van der Waals surface area contributed by atoms with Gasteiger partial charge in [-0.15, -0.1) is 0 Å². The van der Waals surface area contributed by atoms with Gasteiger partial charge in [-0.1, -0.05) is 11.6 Å². The maximum Gasteiger partial charge on any atom is 0.303 e. The second-order valence-electron chi connectivity index (χ2n) is 2.98. The number of carbonyl (C=O) groups excluding carboxylic acids is 1. The first-order chi connectivity index (χ1) is 6.99. The average molecular weight is 231 g/mol. The van der Waals surface area contributed by atoms with Gasteiger partial charge in [-0.3, -0.25) is 9.59 Å². The van der Waals surface area contributed by atoms with Crippen LogP contribution in [0.25, 0.3) is 0 Å². The molecule has 0 unspecified atom stereocenters. The van der Waals surface area contributed by atoms with Crippen molar-refractivity contribution in [1.29, 1.82) is 0 Å². The van der Waals surface area contributed by atoms with Crippen LogP contribution in [0.4, 0.5) is 4.39 Å². The van der Waals surface area contributed by atoms with E-state index in [1.54, 1.807) is 0 Å². The second kappa shape index (κ2) is 4.89. The molecular weight excluding hydrogens is 223 g/mol. The molecule has 0 atom stereocenters. The van der Waals surface area contributed by atoms with Crippen LogP contribution < -0.4 is 0 Å². The summed E-state index contributed by atoms with van der Waals surface area (Å²) in [7, 11) is 0. The lowest BCUT2D eigenvalue weighted by atomic mass is 10.1. The van der Waals surface area contributed by atoms with Crippen molar-refractivity contribution in [1.82, 2.24) is 0 Å². The Bertz CT molecular complexity index is 383. The normalized spacial score (nSPS) is 10.0. The van der Waals surface area contributed by atoms with Gasteiger partial charge in [0.2, 0.25) is 0 Å². The van der Waals surface area contributed by atoms with E-state index < -0.39 is 17.6 Å². The molecule has 0 aliphatic carbocycles. The number of rotatable bonds is 4. The van der Waals surface area contributed by atoms with E-state index in [1.807, 2.05) is 0 Å². The Balaban J connectivity index is 2.77. The largest absolute Gasteiger partial charge is 0.481 e. The van der Waals surface area contributed by atoms with Gasteiger partial charge in [0.25, 0.3) is 0 Å². The summed E-state index contributed by atoms with van der Waals surface area (Å²) in [5.74, 6) is -2.11. The lowest BCUT2D eigenvalue weighted by Crippen LogP contribution is -2.04. The lowest BCUT2D eigenvalue weighted by Gasteiger charge is -2.00. The van der Waals surface area contributed by atoms with Crippen LogP contribution in [-0.4, -0.2) is 16.9 Å². The fraction of sp³-hybridized carbons (Fsp3) is 0.200. The molecule has 0 saturated heterocycles. The fourth-order valence-electron chi connectivity index (χ4n) is 1.08. The van der Waals surface area contributed by atoms with Gasteiger partial charge in [0, 0.05) is 17.0 Å². The molecule has 5 heteroatoms. The molecule has 0 aliphatic heterocycles. The zero-order valence-electron chi connectivity index (χ0n) is 7.67. The van der Waals surface area contributed by atoms with Gasteiger partial charge in [-0.05, 0) is 18.2 Å². The highest BCUT2D eigenvalue weighted by atomic mass is 35.5. The molecule has 0 heterocycles. The fourth-order valence-corrected chi connectivity index (χ4v) is 1.30. The van der Waals surface area contributed by atoms with E-state index >= 15 is 0 Å². The van der Waals surface area contributed by atoms with Crippen LogP contribution in [-0.2, 0) is 4.79 Å². The molecule has 1 rings (SSSR count). The SMILES string of the molecule is O=C(O)CCC(=O)c1cc(F)cc(Cl)c1. The Morgan fingerprint density at radius 3 is 2.47 bits per heavy atom. The van der Waals surface area contributed by atoms with Crippen LogP contribution in [0, 0.1) is 5.82 Å². The van der Waals surface area contributed by atoms with Crippen molar-refractivity contribution in [2.45, 2.75) is 12.8 Å². The van der Waals surface area contributed by atoms with Crippen LogP contribution >= 0.6 is 11.6 Å². The average Bonchev–Trinajstić information content (AvgIpc) is 2.12. The van der Waals surface area contributed by atoms with Crippen LogP contribution in [0.1, 0.15) is 23.2 Å². The molecule has 0 saturated carbocycles. The van der Waals surface area contributed by atoms with E-state index in [9.17, 15) is 14.0 Å². The smallest absolute Gasteiger partial charge is 0.303 e. The number of Topliss-reactive ketones (excluding diaryl/α,β-unsaturated/α-hetero) is 1.